The Hall–Kier alpha value is -2.47. The normalized spacial score (nSPS) is 19.5. The maximum atomic E-state index is 12.7. The van der Waals surface area contributed by atoms with Gasteiger partial charge in [-0.05, 0) is 52.7 Å². The van der Waals surface area contributed by atoms with Crippen molar-refractivity contribution >= 4 is 22.5 Å². The van der Waals surface area contributed by atoms with E-state index in [1.54, 1.807) is 0 Å². The lowest BCUT2D eigenvalue weighted by Gasteiger charge is -2.35. The quantitative estimate of drug-likeness (QED) is 0.773. The smallest absolute Gasteiger partial charge is 0.224 e. The van der Waals surface area contributed by atoms with Gasteiger partial charge in [-0.25, -0.2) is 9.50 Å². The van der Waals surface area contributed by atoms with Gasteiger partial charge in [-0.1, -0.05) is 12.1 Å². The molecule has 1 fully saturated rings. The lowest BCUT2D eigenvalue weighted by atomic mass is 9.93. The summed E-state index contributed by atoms with van der Waals surface area (Å²) < 4.78 is 7.60. The van der Waals surface area contributed by atoms with Crippen LogP contribution in [0.25, 0.3) is 16.6 Å². The largest absolute Gasteiger partial charge is 0.375 e. The maximum Gasteiger partial charge on any atom is 0.224 e. The number of benzene rings is 1. The first-order valence-corrected chi connectivity index (χ1v) is 9.51. The Kier molecular flexibility index (Phi) is 4.38. The van der Waals surface area contributed by atoms with Crippen LogP contribution in [0.1, 0.15) is 43.6 Å². The van der Waals surface area contributed by atoms with E-state index in [0.717, 1.165) is 46.3 Å². The highest BCUT2D eigenvalue weighted by molar-refractivity contribution is 5.92. The van der Waals surface area contributed by atoms with Gasteiger partial charge in [0, 0.05) is 35.0 Å². The molecular formula is C21H26N4O2. The lowest BCUT2D eigenvalue weighted by Crippen LogP contribution is -2.46. The molecule has 1 amide bonds. The van der Waals surface area contributed by atoms with Crippen LogP contribution in [0, 0.1) is 13.8 Å². The summed E-state index contributed by atoms with van der Waals surface area (Å²) >= 11 is 0. The van der Waals surface area contributed by atoms with E-state index in [1.807, 2.05) is 42.6 Å². The number of hydrogen-bond acceptors (Lipinski definition) is 4. The molecule has 0 saturated carbocycles. The molecule has 1 aromatic carbocycles. The molecule has 0 aliphatic carbocycles. The number of nitrogens with one attached hydrogen (secondary N) is 1. The fourth-order valence-corrected chi connectivity index (χ4v) is 4.03. The second kappa shape index (κ2) is 6.60. The first kappa shape index (κ1) is 17.9. The van der Waals surface area contributed by atoms with E-state index in [-0.39, 0.29) is 17.6 Å². The van der Waals surface area contributed by atoms with Gasteiger partial charge in [-0.15, -0.1) is 0 Å². The Morgan fingerprint density at radius 3 is 2.89 bits per heavy atom. The molecule has 1 atom stereocenters. The molecule has 4 rings (SSSR count). The Balaban J connectivity index is 1.60. The van der Waals surface area contributed by atoms with Crippen LogP contribution in [0.15, 0.2) is 24.3 Å². The van der Waals surface area contributed by atoms with E-state index < -0.39 is 0 Å². The van der Waals surface area contributed by atoms with Crippen LogP contribution >= 0.6 is 0 Å². The Bertz CT molecular complexity index is 1020. The van der Waals surface area contributed by atoms with Gasteiger partial charge in [0.05, 0.1) is 17.5 Å². The van der Waals surface area contributed by atoms with E-state index in [2.05, 4.69) is 24.3 Å². The first-order valence-electron chi connectivity index (χ1n) is 9.51. The molecule has 1 N–H and O–H groups in total. The number of fused-ring (bicyclic) bond motifs is 3. The predicted molar refractivity (Wildman–Crippen MR) is 105 cm³/mol. The summed E-state index contributed by atoms with van der Waals surface area (Å²) in [6.07, 6.45) is 2.00. The van der Waals surface area contributed by atoms with Crippen LogP contribution in [0.2, 0.25) is 0 Å². The second-order valence-electron chi connectivity index (χ2n) is 8.06. The molecule has 1 aliphatic heterocycles. The van der Waals surface area contributed by atoms with Crippen molar-refractivity contribution in [3.63, 3.8) is 0 Å². The Labute approximate surface area is 158 Å². The van der Waals surface area contributed by atoms with E-state index in [1.165, 1.54) is 0 Å². The van der Waals surface area contributed by atoms with Gasteiger partial charge in [0.15, 0.2) is 5.65 Å². The van der Waals surface area contributed by atoms with Gasteiger partial charge >= 0.3 is 0 Å². The number of carbonyl (C=O) groups is 1. The second-order valence-corrected chi connectivity index (χ2v) is 8.06. The summed E-state index contributed by atoms with van der Waals surface area (Å²) in [7, 11) is 0. The fourth-order valence-electron chi connectivity index (χ4n) is 4.03. The summed E-state index contributed by atoms with van der Waals surface area (Å²) in [5.74, 6) is 0.0294. The third-order valence-electron chi connectivity index (χ3n) is 5.42. The zero-order valence-corrected chi connectivity index (χ0v) is 16.4. The van der Waals surface area contributed by atoms with E-state index in [0.29, 0.717) is 13.0 Å². The van der Waals surface area contributed by atoms with Crippen LogP contribution in [0.3, 0.4) is 0 Å². The highest BCUT2D eigenvalue weighted by Gasteiger charge is 2.29. The lowest BCUT2D eigenvalue weighted by molar-refractivity contribution is -0.123. The average Bonchev–Trinajstić information content (AvgIpc) is 2.97. The molecule has 2 aromatic heterocycles. The third-order valence-corrected chi connectivity index (χ3v) is 5.42. The van der Waals surface area contributed by atoms with Crippen molar-refractivity contribution in [1.29, 1.82) is 0 Å². The molecule has 142 valence electrons. The molecule has 0 spiro atoms. The summed E-state index contributed by atoms with van der Waals surface area (Å²) in [5.41, 5.74) is 4.37. The fraction of sp³-hybridized carbons (Fsp3) is 0.476. The van der Waals surface area contributed by atoms with E-state index >= 15 is 0 Å². The average molecular weight is 366 g/mol. The minimum atomic E-state index is -0.183. The predicted octanol–water partition coefficient (Wildman–Crippen LogP) is 3.12. The van der Waals surface area contributed by atoms with Gasteiger partial charge in [0.1, 0.15) is 0 Å². The molecule has 6 nitrogen and oxygen atoms in total. The summed E-state index contributed by atoms with van der Waals surface area (Å²) in [6.45, 7) is 8.80. The molecule has 3 aromatic rings. The van der Waals surface area contributed by atoms with Crippen molar-refractivity contribution in [1.82, 2.24) is 19.9 Å². The molecule has 0 unspecified atom stereocenters. The topological polar surface area (TPSA) is 68.5 Å². The van der Waals surface area contributed by atoms with Gasteiger partial charge in [-0.3, -0.25) is 4.79 Å². The van der Waals surface area contributed by atoms with Crippen LogP contribution in [0.4, 0.5) is 0 Å². The molecular weight excluding hydrogens is 340 g/mol. The minimum absolute atomic E-state index is 0.0294. The number of amides is 1. The molecule has 3 heterocycles. The minimum Gasteiger partial charge on any atom is -0.375 e. The highest BCUT2D eigenvalue weighted by Crippen LogP contribution is 2.25. The van der Waals surface area contributed by atoms with Gasteiger partial charge in [0.2, 0.25) is 5.91 Å². The van der Waals surface area contributed by atoms with E-state index in [9.17, 15) is 4.79 Å². The van der Waals surface area contributed by atoms with Crippen molar-refractivity contribution < 1.29 is 9.53 Å². The zero-order chi connectivity index (χ0) is 19.2. The molecule has 27 heavy (non-hydrogen) atoms. The standard InChI is InChI=1S/C21H26N4O2/c1-13-17(11-19(26)23-15-9-10-27-21(3,4)12-15)14(2)25-20(22-13)16-7-5-6-8-18(16)24-25/h5-8,15H,9-12H2,1-4H3,(H,23,26)/t15-/m0/s1. The first-order chi connectivity index (χ1) is 12.8. The van der Waals surface area contributed by atoms with Crippen molar-refractivity contribution in [2.45, 2.75) is 58.6 Å². The summed E-state index contributed by atoms with van der Waals surface area (Å²) in [5, 5.41) is 8.87. The number of aromatic nitrogens is 3. The number of nitrogens with zero attached hydrogens (tertiary/aromatic N) is 3. The van der Waals surface area contributed by atoms with Crippen molar-refractivity contribution in [3.8, 4) is 0 Å². The Morgan fingerprint density at radius 2 is 2.11 bits per heavy atom. The van der Waals surface area contributed by atoms with Crippen LogP contribution < -0.4 is 5.32 Å². The molecule has 1 saturated heterocycles. The zero-order valence-electron chi connectivity index (χ0n) is 16.4. The number of ether oxygens (including phenoxy) is 1. The van der Waals surface area contributed by atoms with Crippen molar-refractivity contribution in [2.75, 3.05) is 6.61 Å². The monoisotopic (exact) mass is 366 g/mol. The number of carbonyl (C=O) groups excluding carboxylic acids is 1. The third kappa shape index (κ3) is 3.41. The SMILES string of the molecule is Cc1nc2c3ccccc3nn2c(C)c1CC(=O)N[C@H]1CCOC(C)(C)C1. The van der Waals surface area contributed by atoms with Crippen LogP contribution in [-0.2, 0) is 16.0 Å². The van der Waals surface area contributed by atoms with Gasteiger partial charge in [-0.2, -0.15) is 5.10 Å². The highest BCUT2D eigenvalue weighted by atomic mass is 16.5. The molecule has 6 heteroatoms. The van der Waals surface area contributed by atoms with Crippen LogP contribution in [0.5, 0.6) is 0 Å². The molecule has 1 aliphatic rings. The van der Waals surface area contributed by atoms with Crippen molar-refractivity contribution in [2.24, 2.45) is 0 Å². The van der Waals surface area contributed by atoms with E-state index in [4.69, 9.17) is 9.72 Å². The number of aryl methyl sites for hydroxylation is 2. The Morgan fingerprint density at radius 1 is 1.33 bits per heavy atom. The number of hydrogen-bond donors (Lipinski definition) is 1. The number of rotatable bonds is 3. The molecule has 0 bridgehead atoms. The van der Waals surface area contributed by atoms with Gasteiger partial charge in [0.25, 0.3) is 0 Å². The molecule has 0 radical (unpaired) electrons. The maximum absolute atomic E-state index is 12.7. The summed E-state index contributed by atoms with van der Waals surface area (Å²) in [4.78, 5) is 17.4. The van der Waals surface area contributed by atoms with Gasteiger partial charge < -0.3 is 10.1 Å². The van der Waals surface area contributed by atoms with Crippen molar-refractivity contribution in [3.05, 3.63) is 41.2 Å². The summed E-state index contributed by atoms with van der Waals surface area (Å²) in [6, 6.07) is 8.14. The van der Waals surface area contributed by atoms with Crippen LogP contribution in [-0.4, -0.2) is 38.8 Å².